The summed E-state index contributed by atoms with van der Waals surface area (Å²) in [6.07, 6.45) is 1.19. The Morgan fingerprint density at radius 1 is 1.38 bits per heavy atom. The van der Waals surface area contributed by atoms with Gasteiger partial charge in [0, 0.05) is 26.7 Å². The van der Waals surface area contributed by atoms with E-state index in [9.17, 15) is 0 Å². The standard InChI is InChI=1S/C10H23NO2/c1-4-10(2)9-11(5-7-12)6-8-13-3/h10,12H,4-9H2,1-3H3. The molecule has 0 aliphatic carbocycles. The molecular formula is C10H23NO2. The Kier molecular flexibility index (Phi) is 8.40. The summed E-state index contributed by atoms with van der Waals surface area (Å²) in [6, 6.07) is 0. The number of ether oxygens (including phenoxy) is 1. The van der Waals surface area contributed by atoms with Crippen LogP contribution in [0.4, 0.5) is 0 Å². The van der Waals surface area contributed by atoms with E-state index in [1.54, 1.807) is 7.11 Å². The first-order valence-corrected chi connectivity index (χ1v) is 5.06. The van der Waals surface area contributed by atoms with Gasteiger partial charge in [0.2, 0.25) is 0 Å². The third kappa shape index (κ3) is 6.99. The van der Waals surface area contributed by atoms with Crippen LogP contribution in [-0.2, 0) is 4.74 Å². The molecule has 13 heavy (non-hydrogen) atoms. The van der Waals surface area contributed by atoms with E-state index in [1.165, 1.54) is 6.42 Å². The van der Waals surface area contributed by atoms with Crippen molar-refractivity contribution < 1.29 is 9.84 Å². The second kappa shape index (κ2) is 8.48. The number of aliphatic hydroxyl groups is 1. The molecule has 1 atom stereocenters. The minimum atomic E-state index is 0.236. The molecule has 0 aromatic rings. The van der Waals surface area contributed by atoms with Crippen molar-refractivity contribution in [3.05, 3.63) is 0 Å². The topological polar surface area (TPSA) is 32.7 Å². The zero-order valence-electron chi connectivity index (χ0n) is 9.12. The molecule has 1 unspecified atom stereocenters. The van der Waals surface area contributed by atoms with Crippen LogP contribution >= 0.6 is 0 Å². The molecule has 0 saturated carbocycles. The molecule has 0 aliphatic heterocycles. The van der Waals surface area contributed by atoms with Crippen LogP contribution in [0.15, 0.2) is 0 Å². The van der Waals surface area contributed by atoms with Crippen LogP contribution in [0, 0.1) is 5.92 Å². The summed E-state index contributed by atoms with van der Waals surface area (Å²) >= 11 is 0. The Hall–Kier alpha value is -0.120. The van der Waals surface area contributed by atoms with Crippen LogP contribution in [-0.4, -0.2) is 50.0 Å². The number of hydrogen-bond acceptors (Lipinski definition) is 3. The molecule has 0 amide bonds. The minimum Gasteiger partial charge on any atom is -0.395 e. The summed E-state index contributed by atoms with van der Waals surface area (Å²) in [4.78, 5) is 2.25. The number of methoxy groups -OCH3 is 1. The van der Waals surface area contributed by atoms with Gasteiger partial charge in [-0.15, -0.1) is 0 Å². The van der Waals surface area contributed by atoms with Crippen LogP contribution in [0.5, 0.6) is 0 Å². The van der Waals surface area contributed by atoms with Gasteiger partial charge in [-0.25, -0.2) is 0 Å². The Balaban J connectivity index is 3.65. The van der Waals surface area contributed by atoms with E-state index in [1.807, 2.05) is 0 Å². The zero-order valence-corrected chi connectivity index (χ0v) is 9.12. The molecule has 1 N–H and O–H groups in total. The van der Waals surface area contributed by atoms with E-state index in [-0.39, 0.29) is 6.61 Å². The average Bonchev–Trinajstić information content (AvgIpc) is 2.14. The molecule has 0 heterocycles. The van der Waals surface area contributed by atoms with E-state index in [2.05, 4.69) is 18.7 Å². The molecule has 0 fully saturated rings. The lowest BCUT2D eigenvalue weighted by Crippen LogP contribution is -2.33. The van der Waals surface area contributed by atoms with Crippen LogP contribution in [0.25, 0.3) is 0 Å². The van der Waals surface area contributed by atoms with Crippen LogP contribution in [0.1, 0.15) is 20.3 Å². The van der Waals surface area contributed by atoms with Crippen molar-refractivity contribution in [1.82, 2.24) is 4.90 Å². The highest BCUT2D eigenvalue weighted by Crippen LogP contribution is 2.03. The Morgan fingerprint density at radius 3 is 2.54 bits per heavy atom. The lowest BCUT2D eigenvalue weighted by atomic mass is 10.1. The van der Waals surface area contributed by atoms with Gasteiger partial charge in [-0.3, -0.25) is 4.90 Å². The maximum atomic E-state index is 8.84. The SMILES string of the molecule is CCC(C)CN(CCO)CCOC. The molecule has 3 nitrogen and oxygen atoms in total. The molecule has 0 bridgehead atoms. The fourth-order valence-corrected chi connectivity index (χ4v) is 1.23. The summed E-state index contributed by atoms with van der Waals surface area (Å²) in [5, 5.41) is 8.84. The third-order valence-corrected chi connectivity index (χ3v) is 2.29. The van der Waals surface area contributed by atoms with Gasteiger partial charge in [-0.05, 0) is 5.92 Å². The van der Waals surface area contributed by atoms with Gasteiger partial charge in [0.15, 0.2) is 0 Å². The molecule has 0 saturated heterocycles. The first-order valence-electron chi connectivity index (χ1n) is 5.06. The van der Waals surface area contributed by atoms with Crippen molar-refractivity contribution in [2.24, 2.45) is 5.92 Å². The number of aliphatic hydroxyl groups excluding tert-OH is 1. The lowest BCUT2D eigenvalue weighted by molar-refractivity contribution is 0.120. The molecule has 0 aromatic carbocycles. The van der Waals surface area contributed by atoms with Gasteiger partial charge in [0.05, 0.1) is 13.2 Å². The van der Waals surface area contributed by atoms with Crippen molar-refractivity contribution in [2.45, 2.75) is 20.3 Å². The quantitative estimate of drug-likeness (QED) is 0.617. The van der Waals surface area contributed by atoms with E-state index in [4.69, 9.17) is 9.84 Å². The molecule has 80 valence electrons. The molecular weight excluding hydrogens is 166 g/mol. The highest BCUT2D eigenvalue weighted by molar-refractivity contribution is 4.61. The van der Waals surface area contributed by atoms with Gasteiger partial charge < -0.3 is 9.84 Å². The van der Waals surface area contributed by atoms with Crippen molar-refractivity contribution in [2.75, 3.05) is 40.0 Å². The normalized spacial score (nSPS) is 13.6. The zero-order chi connectivity index (χ0) is 10.1. The van der Waals surface area contributed by atoms with Crippen molar-refractivity contribution >= 4 is 0 Å². The fraction of sp³-hybridized carbons (Fsp3) is 1.00. The summed E-state index contributed by atoms with van der Waals surface area (Å²) in [7, 11) is 1.71. The summed E-state index contributed by atoms with van der Waals surface area (Å²) in [5.74, 6) is 0.698. The average molecular weight is 189 g/mol. The Bertz CT molecular complexity index is 109. The van der Waals surface area contributed by atoms with Crippen LogP contribution in [0.3, 0.4) is 0 Å². The molecule has 0 rings (SSSR count). The fourth-order valence-electron chi connectivity index (χ4n) is 1.23. The minimum absolute atomic E-state index is 0.236. The second-order valence-corrected chi connectivity index (χ2v) is 3.53. The van der Waals surface area contributed by atoms with Crippen molar-refractivity contribution in [1.29, 1.82) is 0 Å². The smallest absolute Gasteiger partial charge is 0.0589 e. The van der Waals surface area contributed by atoms with Crippen LogP contribution < -0.4 is 0 Å². The lowest BCUT2D eigenvalue weighted by Gasteiger charge is -2.23. The second-order valence-electron chi connectivity index (χ2n) is 3.53. The monoisotopic (exact) mass is 189 g/mol. The molecule has 0 aromatic heterocycles. The Morgan fingerprint density at radius 2 is 2.08 bits per heavy atom. The first kappa shape index (κ1) is 12.9. The summed E-state index contributed by atoms with van der Waals surface area (Å²) < 4.78 is 5.01. The number of hydrogen-bond donors (Lipinski definition) is 1. The number of rotatable bonds is 8. The molecule has 0 radical (unpaired) electrons. The molecule has 3 heteroatoms. The predicted molar refractivity (Wildman–Crippen MR) is 54.9 cm³/mol. The van der Waals surface area contributed by atoms with Crippen LogP contribution in [0.2, 0.25) is 0 Å². The van der Waals surface area contributed by atoms with Gasteiger partial charge in [-0.2, -0.15) is 0 Å². The predicted octanol–water partition coefficient (Wildman–Crippen LogP) is 0.973. The van der Waals surface area contributed by atoms with Gasteiger partial charge in [0.25, 0.3) is 0 Å². The van der Waals surface area contributed by atoms with Crippen molar-refractivity contribution in [3.8, 4) is 0 Å². The third-order valence-electron chi connectivity index (χ3n) is 2.29. The summed E-state index contributed by atoms with van der Waals surface area (Å²) in [6.45, 7) is 8.14. The highest BCUT2D eigenvalue weighted by Gasteiger charge is 2.07. The van der Waals surface area contributed by atoms with E-state index < -0.39 is 0 Å². The highest BCUT2D eigenvalue weighted by atomic mass is 16.5. The van der Waals surface area contributed by atoms with Gasteiger partial charge in [0.1, 0.15) is 0 Å². The van der Waals surface area contributed by atoms with E-state index >= 15 is 0 Å². The van der Waals surface area contributed by atoms with E-state index in [0.29, 0.717) is 5.92 Å². The van der Waals surface area contributed by atoms with Gasteiger partial charge >= 0.3 is 0 Å². The maximum absolute atomic E-state index is 8.84. The first-order chi connectivity index (χ1) is 6.24. The van der Waals surface area contributed by atoms with Crippen molar-refractivity contribution in [3.63, 3.8) is 0 Å². The molecule has 0 aliphatic rings. The Labute approximate surface area is 81.7 Å². The number of nitrogens with zero attached hydrogens (tertiary/aromatic N) is 1. The largest absolute Gasteiger partial charge is 0.395 e. The summed E-state index contributed by atoms with van der Waals surface area (Å²) in [5.41, 5.74) is 0. The maximum Gasteiger partial charge on any atom is 0.0589 e. The van der Waals surface area contributed by atoms with Gasteiger partial charge in [-0.1, -0.05) is 20.3 Å². The molecule has 0 spiro atoms. The van der Waals surface area contributed by atoms with E-state index in [0.717, 1.165) is 26.2 Å².